The highest BCUT2D eigenvalue weighted by Crippen LogP contribution is 2.39. The summed E-state index contributed by atoms with van der Waals surface area (Å²) in [4.78, 5) is 4.36. The Bertz CT molecular complexity index is 521. The number of para-hydroxylation sites is 1. The van der Waals surface area contributed by atoms with Crippen LogP contribution in [-0.4, -0.2) is 21.0 Å². The summed E-state index contributed by atoms with van der Waals surface area (Å²) in [6, 6.07) is 6.99. The van der Waals surface area contributed by atoms with Crippen LogP contribution < -0.4 is 0 Å². The molecule has 2 aromatic rings. The van der Waals surface area contributed by atoms with Crippen LogP contribution in [0.3, 0.4) is 0 Å². The molecular weight excluding hydrogens is 236 g/mol. The van der Waals surface area contributed by atoms with Crippen molar-refractivity contribution < 1.29 is 9.63 Å². The van der Waals surface area contributed by atoms with Gasteiger partial charge in [0.25, 0.3) is 5.89 Å². The van der Waals surface area contributed by atoms with E-state index in [2.05, 4.69) is 10.1 Å². The van der Waals surface area contributed by atoms with E-state index in [9.17, 15) is 5.11 Å². The van der Waals surface area contributed by atoms with Gasteiger partial charge in [0, 0.05) is 0 Å². The Hall–Kier alpha value is -1.49. The van der Waals surface area contributed by atoms with Crippen molar-refractivity contribution >= 4 is 11.8 Å². The van der Waals surface area contributed by atoms with Crippen LogP contribution in [0.25, 0.3) is 11.5 Å². The number of hydrogen-bond acceptors (Lipinski definition) is 5. The first kappa shape index (κ1) is 10.7. The van der Waals surface area contributed by atoms with Gasteiger partial charge < -0.3 is 9.63 Å². The van der Waals surface area contributed by atoms with Crippen LogP contribution in [0, 0.1) is 0 Å². The SMILES string of the molecule is Oc1ccccc1-c1nc(C2CCCS2)no1. The molecule has 1 aliphatic heterocycles. The molecule has 0 saturated carbocycles. The lowest BCUT2D eigenvalue weighted by atomic mass is 10.2. The zero-order chi connectivity index (χ0) is 11.7. The highest BCUT2D eigenvalue weighted by atomic mass is 32.2. The number of aromatic hydroxyl groups is 1. The van der Waals surface area contributed by atoms with Gasteiger partial charge in [0.15, 0.2) is 5.82 Å². The fourth-order valence-electron chi connectivity index (χ4n) is 1.91. The van der Waals surface area contributed by atoms with Crippen LogP contribution in [0.15, 0.2) is 28.8 Å². The lowest BCUT2D eigenvalue weighted by Crippen LogP contribution is -1.91. The molecule has 1 atom stereocenters. The van der Waals surface area contributed by atoms with Gasteiger partial charge in [-0.25, -0.2) is 0 Å². The third kappa shape index (κ3) is 2.02. The molecule has 1 saturated heterocycles. The third-order valence-corrected chi connectivity index (χ3v) is 4.17. The van der Waals surface area contributed by atoms with Crippen molar-refractivity contribution in [2.24, 2.45) is 0 Å². The minimum absolute atomic E-state index is 0.168. The molecule has 5 heteroatoms. The van der Waals surface area contributed by atoms with Gasteiger partial charge in [0.1, 0.15) is 5.75 Å². The van der Waals surface area contributed by atoms with Crippen LogP contribution in [-0.2, 0) is 0 Å². The first-order valence-electron chi connectivity index (χ1n) is 5.58. The number of benzene rings is 1. The monoisotopic (exact) mass is 248 g/mol. The Morgan fingerprint density at radius 1 is 1.35 bits per heavy atom. The zero-order valence-corrected chi connectivity index (χ0v) is 9.98. The lowest BCUT2D eigenvalue weighted by molar-refractivity contribution is 0.416. The van der Waals surface area contributed by atoms with Crippen molar-refractivity contribution in [1.82, 2.24) is 10.1 Å². The van der Waals surface area contributed by atoms with E-state index >= 15 is 0 Å². The van der Waals surface area contributed by atoms with Crippen LogP contribution in [0.5, 0.6) is 5.75 Å². The molecule has 1 aromatic carbocycles. The Kier molecular flexibility index (Phi) is 2.76. The fraction of sp³-hybridized carbons (Fsp3) is 0.333. The molecule has 1 aliphatic rings. The molecule has 0 amide bonds. The Morgan fingerprint density at radius 2 is 2.24 bits per heavy atom. The smallest absolute Gasteiger partial charge is 0.261 e. The van der Waals surface area contributed by atoms with Gasteiger partial charge in [-0.3, -0.25) is 0 Å². The molecular formula is C12H12N2O2S. The Balaban J connectivity index is 1.92. The second kappa shape index (κ2) is 4.41. The van der Waals surface area contributed by atoms with Crippen molar-refractivity contribution in [3.8, 4) is 17.2 Å². The van der Waals surface area contributed by atoms with Crippen LogP contribution in [0.1, 0.15) is 23.9 Å². The minimum Gasteiger partial charge on any atom is -0.507 e. The number of phenols is 1. The van der Waals surface area contributed by atoms with E-state index < -0.39 is 0 Å². The topological polar surface area (TPSA) is 59.2 Å². The van der Waals surface area contributed by atoms with Crippen molar-refractivity contribution in [2.45, 2.75) is 18.1 Å². The van der Waals surface area contributed by atoms with Crippen molar-refractivity contribution in [1.29, 1.82) is 0 Å². The maximum Gasteiger partial charge on any atom is 0.261 e. The normalized spacial score (nSPS) is 19.6. The van der Waals surface area contributed by atoms with Gasteiger partial charge in [-0.1, -0.05) is 17.3 Å². The molecule has 2 heterocycles. The number of thioether (sulfide) groups is 1. The first-order valence-corrected chi connectivity index (χ1v) is 6.63. The number of aromatic nitrogens is 2. The Morgan fingerprint density at radius 3 is 3.00 bits per heavy atom. The molecule has 0 radical (unpaired) electrons. The van der Waals surface area contributed by atoms with Gasteiger partial charge >= 0.3 is 0 Å². The van der Waals surface area contributed by atoms with Crippen LogP contribution in [0.2, 0.25) is 0 Å². The van der Waals surface area contributed by atoms with E-state index in [0.717, 1.165) is 18.0 Å². The first-order chi connectivity index (χ1) is 8.34. The van der Waals surface area contributed by atoms with E-state index in [0.29, 0.717) is 16.7 Å². The van der Waals surface area contributed by atoms with Gasteiger partial charge in [0.05, 0.1) is 10.8 Å². The standard InChI is InChI=1S/C12H12N2O2S/c15-9-5-2-1-4-8(9)12-13-11(14-16-12)10-6-3-7-17-10/h1-2,4-5,10,15H,3,6-7H2. The zero-order valence-electron chi connectivity index (χ0n) is 9.17. The summed E-state index contributed by atoms with van der Waals surface area (Å²) in [5.74, 6) is 2.46. The van der Waals surface area contributed by atoms with E-state index in [4.69, 9.17) is 4.52 Å². The molecule has 1 aromatic heterocycles. The van der Waals surface area contributed by atoms with Gasteiger partial charge in [-0.15, -0.1) is 0 Å². The predicted molar refractivity (Wildman–Crippen MR) is 65.8 cm³/mol. The molecule has 17 heavy (non-hydrogen) atoms. The number of nitrogens with zero attached hydrogens (tertiary/aromatic N) is 2. The van der Waals surface area contributed by atoms with Crippen molar-refractivity contribution in [3.05, 3.63) is 30.1 Å². The molecule has 0 spiro atoms. The second-order valence-corrected chi connectivity index (χ2v) is 5.29. The molecule has 1 N–H and O–H groups in total. The molecule has 3 rings (SSSR count). The van der Waals surface area contributed by atoms with E-state index in [-0.39, 0.29) is 5.75 Å². The maximum absolute atomic E-state index is 9.71. The van der Waals surface area contributed by atoms with Crippen LogP contribution in [0.4, 0.5) is 0 Å². The second-order valence-electron chi connectivity index (χ2n) is 3.98. The predicted octanol–water partition coefficient (Wildman–Crippen LogP) is 3.01. The van der Waals surface area contributed by atoms with Crippen molar-refractivity contribution in [2.75, 3.05) is 5.75 Å². The molecule has 1 unspecified atom stereocenters. The van der Waals surface area contributed by atoms with Gasteiger partial charge in [-0.2, -0.15) is 16.7 Å². The summed E-state index contributed by atoms with van der Waals surface area (Å²) in [6.45, 7) is 0. The van der Waals surface area contributed by atoms with Crippen LogP contribution >= 0.6 is 11.8 Å². The maximum atomic E-state index is 9.71. The summed E-state index contributed by atoms with van der Waals surface area (Å²) in [6.07, 6.45) is 2.31. The molecule has 0 bridgehead atoms. The lowest BCUT2D eigenvalue weighted by Gasteiger charge is -1.99. The van der Waals surface area contributed by atoms with E-state index in [1.54, 1.807) is 18.2 Å². The quantitative estimate of drug-likeness (QED) is 0.885. The van der Waals surface area contributed by atoms with Gasteiger partial charge in [-0.05, 0) is 30.7 Å². The summed E-state index contributed by atoms with van der Waals surface area (Å²) < 4.78 is 5.21. The highest BCUT2D eigenvalue weighted by Gasteiger charge is 2.23. The number of rotatable bonds is 2. The summed E-state index contributed by atoms with van der Waals surface area (Å²) in [5, 5.41) is 14.0. The summed E-state index contributed by atoms with van der Waals surface area (Å²) in [5.41, 5.74) is 0.592. The average Bonchev–Trinajstić information content (AvgIpc) is 3.00. The molecule has 0 aliphatic carbocycles. The molecule has 4 nitrogen and oxygen atoms in total. The van der Waals surface area contributed by atoms with E-state index in [1.165, 1.54) is 6.42 Å². The largest absolute Gasteiger partial charge is 0.507 e. The molecule has 88 valence electrons. The summed E-state index contributed by atoms with van der Waals surface area (Å²) in [7, 11) is 0. The van der Waals surface area contributed by atoms with E-state index in [1.807, 2.05) is 17.8 Å². The Labute approximate surface area is 103 Å². The fourth-order valence-corrected chi connectivity index (χ4v) is 3.11. The number of hydrogen-bond donors (Lipinski definition) is 1. The molecule has 1 fully saturated rings. The summed E-state index contributed by atoms with van der Waals surface area (Å²) >= 11 is 1.86. The number of phenolic OH excluding ortho intramolecular Hbond substituents is 1. The highest BCUT2D eigenvalue weighted by molar-refractivity contribution is 7.99. The van der Waals surface area contributed by atoms with Gasteiger partial charge in [0.2, 0.25) is 0 Å². The minimum atomic E-state index is 0.168. The third-order valence-electron chi connectivity index (χ3n) is 2.79. The average molecular weight is 248 g/mol. The van der Waals surface area contributed by atoms with Crippen molar-refractivity contribution in [3.63, 3.8) is 0 Å².